The molecule has 6 nitrogen and oxygen atoms in total. The average molecular weight is 426 g/mol. The molecule has 164 valence electrons. The SMILES string of the molecule is CCOCCC1(CNC(=NC)NCc2cc(Cl)c(OCC)c(OC)c2)CCCC1. The Bertz CT molecular complexity index is 661. The lowest BCUT2D eigenvalue weighted by atomic mass is 9.83. The van der Waals surface area contributed by atoms with Crippen molar-refractivity contribution in [1.82, 2.24) is 10.6 Å². The van der Waals surface area contributed by atoms with Crippen LogP contribution >= 0.6 is 11.6 Å². The maximum Gasteiger partial charge on any atom is 0.191 e. The molecule has 0 aliphatic heterocycles. The number of halogens is 1. The standard InChI is InChI=1S/C22H36ClN3O3/c1-5-28-12-11-22(9-7-8-10-22)16-26-21(24-3)25-15-17-13-18(23)20(29-6-2)19(14-17)27-4/h13-14H,5-12,15-16H2,1-4H3,(H2,24,25,26). The van der Waals surface area contributed by atoms with E-state index in [1.807, 2.05) is 26.0 Å². The molecule has 1 saturated carbocycles. The van der Waals surface area contributed by atoms with Gasteiger partial charge in [0.2, 0.25) is 0 Å². The van der Waals surface area contributed by atoms with Crippen LogP contribution in [0.5, 0.6) is 11.5 Å². The zero-order valence-corrected chi connectivity index (χ0v) is 19.0. The van der Waals surface area contributed by atoms with E-state index in [1.54, 1.807) is 14.2 Å². The Balaban J connectivity index is 1.94. The number of rotatable bonds is 11. The molecule has 2 rings (SSSR count). The van der Waals surface area contributed by atoms with Crippen molar-refractivity contribution in [1.29, 1.82) is 0 Å². The predicted octanol–water partition coefficient (Wildman–Crippen LogP) is 4.40. The Kier molecular flexibility index (Phi) is 9.88. The van der Waals surface area contributed by atoms with E-state index in [1.165, 1.54) is 25.7 Å². The quantitative estimate of drug-likeness (QED) is 0.312. The lowest BCUT2D eigenvalue weighted by Gasteiger charge is -2.30. The summed E-state index contributed by atoms with van der Waals surface area (Å²) in [5.74, 6) is 2.01. The van der Waals surface area contributed by atoms with Gasteiger partial charge in [-0.2, -0.15) is 0 Å². The van der Waals surface area contributed by atoms with Crippen LogP contribution in [0.1, 0.15) is 51.5 Å². The Morgan fingerprint density at radius 1 is 1.17 bits per heavy atom. The summed E-state index contributed by atoms with van der Waals surface area (Å²) in [6, 6.07) is 3.84. The third-order valence-corrected chi connectivity index (χ3v) is 5.82. The van der Waals surface area contributed by atoms with Crippen molar-refractivity contribution in [2.45, 2.75) is 52.5 Å². The topological polar surface area (TPSA) is 64.1 Å². The molecule has 1 aliphatic carbocycles. The summed E-state index contributed by atoms with van der Waals surface area (Å²) in [5, 5.41) is 7.44. The number of benzene rings is 1. The van der Waals surface area contributed by atoms with Gasteiger partial charge in [0.15, 0.2) is 17.5 Å². The van der Waals surface area contributed by atoms with E-state index in [2.05, 4.69) is 15.6 Å². The lowest BCUT2D eigenvalue weighted by molar-refractivity contribution is 0.105. The van der Waals surface area contributed by atoms with E-state index >= 15 is 0 Å². The van der Waals surface area contributed by atoms with Crippen molar-refractivity contribution in [2.24, 2.45) is 10.4 Å². The number of nitrogens with zero attached hydrogens (tertiary/aromatic N) is 1. The molecule has 2 N–H and O–H groups in total. The molecule has 0 bridgehead atoms. The number of hydrogen-bond donors (Lipinski definition) is 2. The van der Waals surface area contributed by atoms with Crippen molar-refractivity contribution in [2.75, 3.05) is 40.5 Å². The summed E-state index contributed by atoms with van der Waals surface area (Å²) in [6.07, 6.45) is 6.18. The van der Waals surface area contributed by atoms with E-state index < -0.39 is 0 Å². The average Bonchev–Trinajstić information content (AvgIpc) is 3.19. The summed E-state index contributed by atoms with van der Waals surface area (Å²) < 4.78 is 16.6. The molecule has 7 heteroatoms. The van der Waals surface area contributed by atoms with Gasteiger partial charge in [-0.3, -0.25) is 4.99 Å². The van der Waals surface area contributed by atoms with Crippen LogP contribution in [0.15, 0.2) is 17.1 Å². The second-order valence-corrected chi connectivity index (χ2v) is 7.88. The van der Waals surface area contributed by atoms with Crippen molar-refractivity contribution in [3.05, 3.63) is 22.7 Å². The highest BCUT2D eigenvalue weighted by Crippen LogP contribution is 2.40. The Labute approximate surface area is 180 Å². The van der Waals surface area contributed by atoms with E-state index in [-0.39, 0.29) is 0 Å². The monoisotopic (exact) mass is 425 g/mol. The number of ether oxygens (including phenoxy) is 3. The first-order valence-corrected chi connectivity index (χ1v) is 11.0. The van der Waals surface area contributed by atoms with Gasteiger partial charge >= 0.3 is 0 Å². The molecule has 0 saturated heterocycles. The fraction of sp³-hybridized carbons (Fsp3) is 0.682. The fourth-order valence-corrected chi connectivity index (χ4v) is 4.20. The van der Waals surface area contributed by atoms with E-state index in [4.69, 9.17) is 25.8 Å². The van der Waals surface area contributed by atoms with E-state index in [0.717, 1.165) is 37.7 Å². The van der Waals surface area contributed by atoms with Crippen molar-refractivity contribution >= 4 is 17.6 Å². The highest BCUT2D eigenvalue weighted by molar-refractivity contribution is 6.32. The molecule has 0 unspecified atom stereocenters. The zero-order chi connectivity index (χ0) is 21.1. The van der Waals surface area contributed by atoms with Crippen molar-refractivity contribution in [3.63, 3.8) is 0 Å². The van der Waals surface area contributed by atoms with Gasteiger partial charge in [-0.15, -0.1) is 0 Å². The number of methoxy groups -OCH3 is 1. The molecule has 1 aliphatic rings. The van der Waals surface area contributed by atoms with Crippen LogP contribution in [-0.2, 0) is 11.3 Å². The zero-order valence-electron chi connectivity index (χ0n) is 18.3. The minimum atomic E-state index is 0.304. The van der Waals surface area contributed by atoms with Crippen LogP contribution in [0.3, 0.4) is 0 Å². The van der Waals surface area contributed by atoms with Gasteiger partial charge in [0.1, 0.15) is 0 Å². The molecule has 0 radical (unpaired) electrons. The molecule has 1 fully saturated rings. The van der Waals surface area contributed by atoms with Crippen LogP contribution in [0.25, 0.3) is 0 Å². The highest BCUT2D eigenvalue weighted by Gasteiger charge is 2.33. The summed E-state index contributed by atoms with van der Waals surface area (Å²) in [4.78, 5) is 4.38. The first-order chi connectivity index (χ1) is 14.1. The van der Waals surface area contributed by atoms with Gasteiger partial charge in [0.25, 0.3) is 0 Å². The van der Waals surface area contributed by atoms with Gasteiger partial charge in [-0.05, 0) is 56.2 Å². The summed E-state index contributed by atoms with van der Waals surface area (Å²) in [5.41, 5.74) is 1.31. The van der Waals surface area contributed by atoms with Gasteiger partial charge in [-0.1, -0.05) is 24.4 Å². The molecule has 29 heavy (non-hydrogen) atoms. The van der Waals surface area contributed by atoms with Crippen LogP contribution in [0, 0.1) is 5.41 Å². The van der Waals surface area contributed by atoms with Crippen molar-refractivity contribution in [3.8, 4) is 11.5 Å². The molecule has 1 aromatic carbocycles. The number of guanidine groups is 1. The maximum absolute atomic E-state index is 6.38. The molecule has 0 atom stereocenters. The Morgan fingerprint density at radius 2 is 1.93 bits per heavy atom. The first kappa shape index (κ1) is 23.6. The number of nitrogens with one attached hydrogen (secondary N) is 2. The second kappa shape index (κ2) is 12.1. The third-order valence-electron chi connectivity index (χ3n) is 5.54. The molecule has 0 spiro atoms. The van der Waals surface area contributed by atoms with Gasteiger partial charge in [0.05, 0.1) is 18.7 Å². The molecule has 1 aromatic rings. The number of aliphatic imine (C=N–C) groups is 1. The first-order valence-electron chi connectivity index (χ1n) is 10.6. The van der Waals surface area contributed by atoms with Gasteiger partial charge in [0, 0.05) is 33.4 Å². The lowest BCUT2D eigenvalue weighted by Crippen LogP contribution is -2.43. The van der Waals surface area contributed by atoms with Crippen LogP contribution in [0.4, 0.5) is 0 Å². The second-order valence-electron chi connectivity index (χ2n) is 7.48. The third kappa shape index (κ3) is 6.96. The van der Waals surface area contributed by atoms with Crippen LogP contribution < -0.4 is 20.1 Å². The van der Waals surface area contributed by atoms with Crippen LogP contribution in [-0.4, -0.2) is 46.5 Å². The van der Waals surface area contributed by atoms with Gasteiger partial charge in [-0.25, -0.2) is 0 Å². The van der Waals surface area contributed by atoms with E-state index in [0.29, 0.717) is 35.1 Å². The summed E-state index contributed by atoms with van der Waals surface area (Å²) in [7, 11) is 3.41. The summed E-state index contributed by atoms with van der Waals surface area (Å²) in [6.45, 7) is 7.62. The highest BCUT2D eigenvalue weighted by atomic mass is 35.5. The largest absolute Gasteiger partial charge is 0.493 e. The minimum absolute atomic E-state index is 0.304. The smallest absolute Gasteiger partial charge is 0.191 e. The molecular weight excluding hydrogens is 390 g/mol. The molecule has 0 aromatic heterocycles. The van der Waals surface area contributed by atoms with E-state index in [9.17, 15) is 0 Å². The van der Waals surface area contributed by atoms with Crippen LogP contribution in [0.2, 0.25) is 5.02 Å². The van der Waals surface area contributed by atoms with Crippen molar-refractivity contribution < 1.29 is 14.2 Å². The minimum Gasteiger partial charge on any atom is -0.493 e. The molecule has 0 amide bonds. The fourth-order valence-electron chi connectivity index (χ4n) is 3.91. The summed E-state index contributed by atoms with van der Waals surface area (Å²) >= 11 is 6.38. The Morgan fingerprint density at radius 3 is 2.55 bits per heavy atom. The number of hydrogen-bond acceptors (Lipinski definition) is 4. The predicted molar refractivity (Wildman–Crippen MR) is 119 cm³/mol. The molecule has 0 heterocycles. The normalized spacial score (nSPS) is 16.0. The maximum atomic E-state index is 6.38. The molecular formula is C22H36ClN3O3. The Hall–Kier alpha value is -1.66. The van der Waals surface area contributed by atoms with Gasteiger partial charge < -0.3 is 24.8 Å².